The highest BCUT2D eigenvalue weighted by Crippen LogP contribution is 2.17. The largest absolute Gasteiger partial charge is 0.487 e. The number of nitrogens with zero attached hydrogens (tertiary/aromatic N) is 1. The first kappa shape index (κ1) is 13.1. The van der Waals surface area contributed by atoms with Gasteiger partial charge < -0.3 is 14.0 Å². The number of hydrogen-bond acceptors (Lipinski definition) is 5. The maximum atomic E-state index is 11.3. The fourth-order valence-corrected chi connectivity index (χ4v) is 1.66. The van der Waals surface area contributed by atoms with Crippen LogP contribution in [0.5, 0.6) is 5.75 Å². The average Bonchev–Trinajstić information content (AvgIpc) is 2.78. The van der Waals surface area contributed by atoms with E-state index in [-0.39, 0.29) is 19.0 Å². The van der Waals surface area contributed by atoms with Gasteiger partial charge in [0, 0.05) is 5.56 Å². The summed E-state index contributed by atoms with van der Waals surface area (Å²) in [7, 11) is 1.35. The SMILES string of the molecule is COC(=O)Cc1c(COc2ccccc2)noc1C. The molecule has 0 atom stereocenters. The molecule has 0 radical (unpaired) electrons. The van der Waals surface area contributed by atoms with Crippen molar-refractivity contribution in [1.29, 1.82) is 0 Å². The second-order valence-electron chi connectivity index (χ2n) is 4.02. The second kappa shape index (κ2) is 6.04. The van der Waals surface area contributed by atoms with E-state index >= 15 is 0 Å². The lowest BCUT2D eigenvalue weighted by atomic mass is 10.1. The summed E-state index contributed by atoms with van der Waals surface area (Å²) in [6, 6.07) is 9.40. The van der Waals surface area contributed by atoms with Gasteiger partial charge in [0.1, 0.15) is 23.8 Å². The number of aryl methyl sites for hydroxylation is 1. The van der Waals surface area contributed by atoms with Crippen molar-refractivity contribution in [3.63, 3.8) is 0 Å². The Morgan fingerprint density at radius 2 is 2.05 bits per heavy atom. The molecular formula is C14H15NO4. The van der Waals surface area contributed by atoms with E-state index in [9.17, 15) is 4.79 Å². The van der Waals surface area contributed by atoms with Crippen LogP contribution in [0.4, 0.5) is 0 Å². The van der Waals surface area contributed by atoms with Crippen LogP contribution in [0.15, 0.2) is 34.9 Å². The van der Waals surface area contributed by atoms with E-state index in [1.54, 1.807) is 6.92 Å². The van der Waals surface area contributed by atoms with Crippen LogP contribution in [0.25, 0.3) is 0 Å². The van der Waals surface area contributed by atoms with Gasteiger partial charge in [-0.1, -0.05) is 23.4 Å². The Bertz CT molecular complexity index is 548. The van der Waals surface area contributed by atoms with Crippen LogP contribution in [-0.4, -0.2) is 18.2 Å². The molecule has 0 amide bonds. The zero-order valence-corrected chi connectivity index (χ0v) is 10.9. The van der Waals surface area contributed by atoms with Gasteiger partial charge in [-0.2, -0.15) is 0 Å². The summed E-state index contributed by atoms with van der Waals surface area (Å²) in [4.78, 5) is 11.3. The van der Waals surface area contributed by atoms with Gasteiger partial charge in [0.15, 0.2) is 0 Å². The normalized spacial score (nSPS) is 10.2. The van der Waals surface area contributed by atoms with E-state index in [1.165, 1.54) is 7.11 Å². The van der Waals surface area contributed by atoms with E-state index in [1.807, 2.05) is 30.3 Å². The number of para-hydroxylation sites is 1. The van der Waals surface area contributed by atoms with Crippen molar-refractivity contribution in [3.05, 3.63) is 47.3 Å². The summed E-state index contributed by atoms with van der Waals surface area (Å²) < 4.78 is 15.3. The molecule has 19 heavy (non-hydrogen) atoms. The highest BCUT2D eigenvalue weighted by Gasteiger charge is 2.17. The van der Waals surface area contributed by atoms with Crippen LogP contribution >= 0.6 is 0 Å². The molecule has 1 aromatic carbocycles. The van der Waals surface area contributed by atoms with Crippen molar-refractivity contribution < 1.29 is 18.8 Å². The highest BCUT2D eigenvalue weighted by atomic mass is 16.5. The number of carbonyl (C=O) groups is 1. The lowest BCUT2D eigenvalue weighted by Gasteiger charge is -2.05. The molecule has 0 saturated heterocycles. The van der Waals surface area contributed by atoms with Crippen LogP contribution in [0.3, 0.4) is 0 Å². The molecule has 0 N–H and O–H groups in total. The van der Waals surface area contributed by atoms with Crippen molar-refractivity contribution in [2.24, 2.45) is 0 Å². The van der Waals surface area contributed by atoms with E-state index < -0.39 is 0 Å². The van der Waals surface area contributed by atoms with Crippen molar-refractivity contribution in [2.75, 3.05) is 7.11 Å². The van der Waals surface area contributed by atoms with Crippen LogP contribution in [0.2, 0.25) is 0 Å². The highest BCUT2D eigenvalue weighted by molar-refractivity contribution is 5.72. The summed E-state index contributed by atoms with van der Waals surface area (Å²) in [6.45, 7) is 2.02. The van der Waals surface area contributed by atoms with Gasteiger partial charge in [-0.15, -0.1) is 0 Å². The summed E-state index contributed by atoms with van der Waals surface area (Å²) in [6.07, 6.45) is 0.138. The minimum Gasteiger partial charge on any atom is -0.487 e. The summed E-state index contributed by atoms with van der Waals surface area (Å²) in [5.41, 5.74) is 1.34. The van der Waals surface area contributed by atoms with E-state index in [0.717, 1.165) is 11.3 Å². The lowest BCUT2D eigenvalue weighted by molar-refractivity contribution is -0.139. The van der Waals surface area contributed by atoms with Crippen LogP contribution in [0.1, 0.15) is 17.0 Å². The maximum Gasteiger partial charge on any atom is 0.310 e. The third-order valence-electron chi connectivity index (χ3n) is 2.73. The number of methoxy groups -OCH3 is 1. The quantitative estimate of drug-likeness (QED) is 0.773. The number of ether oxygens (including phenoxy) is 2. The molecule has 1 aromatic heterocycles. The monoisotopic (exact) mass is 261 g/mol. The minimum absolute atomic E-state index is 0.138. The fraction of sp³-hybridized carbons (Fsp3) is 0.286. The van der Waals surface area contributed by atoms with Crippen LogP contribution in [0, 0.1) is 6.92 Å². The first-order chi connectivity index (χ1) is 9.20. The summed E-state index contributed by atoms with van der Waals surface area (Å²) in [5, 5.41) is 3.91. The van der Waals surface area contributed by atoms with Crippen molar-refractivity contribution >= 4 is 5.97 Å². The summed E-state index contributed by atoms with van der Waals surface area (Å²) >= 11 is 0. The third-order valence-corrected chi connectivity index (χ3v) is 2.73. The van der Waals surface area contributed by atoms with Crippen LogP contribution < -0.4 is 4.74 Å². The number of carbonyl (C=O) groups excluding carboxylic acids is 1. The topological polar surface area (TPSA) is 61.6 Å². The zero-order chi connectivity index (χ0) is 13.7. The summed E-state index contributed by atoms with van der Waals surface area (Å²) in [5.74, 6) is 1.02. The van der Waals surface area contributed by atoms with Gasteiger partial charge in [0.2, 0.25) is 0 Å². The van der Waals surface area contributed by atoms with Crippen molar-refractivity contribution in [1.82, 2.24) is 5.16 Å². The van der Waals surface area contributed by atoms with Gasteiger partial charge in [-0.3, -0.25) is 4.79 Å². The van der Waals surface area contributed by atoms with Crippen molar-refractivity contribution in [2.45, 2.75) is 20.0 Å². The molecule has 0 saturated carbocycles. The Kier molecular flexibility index (Phi) is 4.18. The number of esters is 1. The maximum absolute atomic E-state index is 11.3. The Balaban J connectivity index is 2.06. The number of aromatic nitrogens is 1. The fourth-order valence-electron chi connectivity index (χ4n) is 1.66. The molecular weight excluding hydrogens is 246 g/mol. The lowest BCUT2D eigenvalue weighted by Crippen LogP contribution is -2.08. The predicted octanol–water partition coefficient (Wildman–Crippen LogP) is 2.28. The standard InChI is InChI=1S/C14H15NO4/c1-10-12(8-14(16)17-2)13(15-19-10)9-18-11-6-4-3-5-7-11/h3-7H,8-9H2,1-2H3. The number of benzene rings is 1. The van der Waals surface area contributed by atoms with Crippen LogP contribution in [-0.2, 0) is 22.6 Å². The molecule has 0 aliphatic carbocycles. The Hall–Kier alpha value is -2.30. The zero-order valence-electron chi connectivity index (χ0n) is 10.9. The molecule has 0 unspecified atom stereocenters. The second-order valence-corrected chi connectivity index (χ2v) is 4.02. The third kappa shape index (κ3) is 3.34. The molecule has 0 spiro atoms. The van der Waals surface area contributed by atoms with E-state index in [2.05, 4.69) is 9.89 Å². The Morgan fingerprint density at radius 1 is 1.32 bits per heavy atom. The van der Waals surface area contributed by atoms with Gasteiger partial charge in [0.25, 0.3) is 0 Å². The predicted molar refractivity (Wildman–Crippen MR) is 67.7 cm³/mol. The molecule has 1 heterocycles. The number of rotatable bonds is 5. The number of hydrogen-bond donors (Lipinski definition) is 0. The molecule has 2 aromatic rings. The minimum atomic E-state index is -0.327. The molecule has 0 bridgehead atoms. The van der Waals surface area contributed by atoms with Crippen molar-refractivity contribution in [3.8, 4) is 5.75 Å². The van der Waals surface area contributed by atoms with Gasteiger partial charge >= 0.3 is 5.97 Å². The average molecular weight is 261 g/mol. The van der Waals surface area contributed by atoms with E-state index in [0.29, 0.717) is 11.5 Å². The first-order valence-electron chi connectivity index (χ1n) is 5.89. The smallest absolute Gasteiger partial charge is 0.310 e. The Morgan fingerprint density at radius 3 is 2.74 bits per heavy atom. The van der Waals surface area contributed by atoms with Gasteiger partial charge in [-0.25, -0.2) is 0 Å². The Labute approximate surface area is 111 Å². The molecule has 2 rings (SSSR count). The molecule has 0 aliphatic rings. The van der Waals surface area contributed by atoms with E-state index in [4.69, 9.17) is 9.26 Å². The molecule has 0 aliphatic heterocycles. The molecule has 100 valence electrons. The molecule has 5 nitrogen and oxygen atoms in total. The molecule has 0 fully saturated rings. The first-order valence-corrected chi connectivity index (χ1v) is 5.89. The van der Waals surface area contributed by atoms with Gasteiger partial charge in [-0.05, 0) is 19.1 Å². The molecule has 5 heteroatoms. The van der Waals surface area contributed by atoms with Gasteiger partial charge in [0.05, 0.1) is 13.5 Å².